The standard InChI is InChI=1S/C11H17NO7S/c13-8(14)4-6(2-1-3-20)10(17)12-7(11(18)19)5-9(15)16/h6-7,20H,1-5H2,(H,12,17)(H,13,14)(H,15,16)(H,18,19). The predicted octanol–water partition coefficient (Wildman–Crippen LogP) is -0.169. The van der Waals surface area contributed by atoms with E-state index in [2.05, 4.69) is 17.9 Å². The maximum atomic E-state index is 11.8. The summed E-state index contributed by atoms with van der Waals surface area (Å²) in [6.45, 7) is 0. The van der Waals surface area contributed by atoms with Gasteiger partial charge in [0.05, 0.1) is 12.8 Å². The highest BCUT2D eigenvalue weighted by Gasteiger charge is 2.28. The minimum absolute atomic E-state index is 0.237. The van der Waals surface area contributed by atoms with E-state index in [1.807, 2.05) is 0 Å². The largest absolute Gasteiger partial charge is 0.481 e. The topological polar surface area (TPSA) is 141 Å². The SMILES string of the molecule is O=C(O)CC(CCCS)C(=O)NC(CC(=O)O)C(=O)O. The molecule has 4 N–H and O–H groups in total. The first-order valence-corrected chi connectivity index (χ1v) is 6.48. The summed E-state index contributed by atoms with van der Waals surface area (Å²) in [5.74, 6) is -5.26. The Bertz CT molecular complexity index is 385. The van der Waals surface area contributed by atoms with Gasteiger partial charge in [-0.1, -0.05) is 0 Å². The zero-order valence-corrected chi connectivity index (χ0v) is 11.5. The second kappa shape index (κ2) is 9.18. The van der Waals surface area contributed by atoms with Gasteiger partial charge in [0.1, 0.15) is 6.04 Å². The van der Waals surface area contributed by atoms with Gasteiger partial charge in [-0.05, 0) is 18.6 Å². The highest BCUT2D eigenvalue weighted by Crippen LogP contribution is 2.13. The van der Waals surface area contributed by atoms with Crippen molar-refractivity contribution in [1.29, 1.82) is 0 Å². The molecule has 0 aromatic rings. The van der Waals surface area contributed by atoms with Crippen LogP contribution in [0.1, 0.15) is 25.7 Å². The van der Waals surface area contributed by atoms with Gasteiger partial charge in [0.25, 0.3) is 0 Å². The normalized spacial score (nSPS) is 13.2. The molecule has 9 heteroatoms. The van der Waals surface area contributed by atoms with Gasteiger partial charge in [-0.3, -0.25) is 14.4 Å². The minimum atomic E-state index is -1.58. The fourth-order valence-electron chi connectivity index (χ4n) is 1.54. The van der Waals surface area contributed by atoms with Crippen LogP contribution >= 0.6 is 12.6 Å². The first-order chi connectivity index (χ1) is 9.27. The molecule has 0 heterocycles. The van der Waals surface area contributed by atoms with Crippen LogP contribution in [0.5, 0.6) is 0 Å². The lowest BCUT2D eigenvalue weighted by atomic mass is 9.98. The van der Waals surface area contributed by atoms with E-state index in [1.54, 1.807) is 0 Å². The molecule has 0 rings (SSSR count). The molecule has 0 aromatic carbocycles. The van der Waals surface area contributed by atoms with Crippen LogP contribution in [-0.2, 0) is 19.2 Å². The van der Waals surface area contributed by atoms with Gasteiger partial charge in [-0.15, -0.1) is 0 Å². The molecular formula is C11H17NO7S. The minimum Gasteiger partial charge on any atom is -0.481 e. The number of rotatable bonds is 10. The number of nitrogens with one attached hydrogen (secondary N) is 1. The molecule has 0 saturated carbocycles. The Morgan fingerprint density at radius 3 is 1.95 bits per heavy atom. The summed E-state index contributed by atoms with van der Waals surface area (Å²) in [5, 5.41) is 28.1. The lowest BCUT2D eigenvalue weighted by Crippen LogP contribution is -2.45. The number of hydrogen-bond donors (Lipinski definition) is 5. The molecule has 0 aliphatic heterocycles. The zero-order chi connectivity index (χ0) is 15.7. The van der Waals surface area contributed by atoms with E-state index in [9.17, 15) is 19.2 Å². The van der Waals surface area contributed by atoms with Crippen LogP contribution < -0.4 is 5.32 Å². The van der Waals surface area contributed by atoms with Crippen LogP contribution in [-0.4, -0.2) is 50.9 Å². The van der Waals surface area contributed by atoms with Crippen molar-refractivity contribution in [1.82, 2.24) is 5.32 Å². The van der Waals surface area contributed by atoms with E-state index >= 15 is 0 Å². The van der Waals surface area contributed by atoms with Crippen molar-refractivity contribution in [2.24, 2.45) is 5.92 Å². The fourth-order valence-corrected chi connectivity index (χ4v) is 1.72. The molecule has 2 atom stereocenters. The van der Waals surface area contributed by atoms with E-state index in [1.165, 1.54) is 0 Å². The smallest absolute Gasteiger partial charge is 0.326 e. The summed E-state index contributed by atoms with van der Waals surface area (Å²) < 4.78 is 0. The molecule has 0 aliphatic carbocycles. The average molecular weight is 307 g/mol. The Labute approximate surface area is 120 Å². The van der Waals surface area contributed by atoms with Gasteiger partial charge in [0, 0.05) is 5.92 Å². The number of carbonyl (C=O) groups is 4. The van der Waals surface area contributed by atoms with Crippen molar-refractivity contribution >= 4 is 36.4 Å². The summed E-state index contributed by atoms with van der Waals surface area (Å²) in [6, 6.07) is -1.58. The van der Waals surface area contributed by atoms with Crippen LogP contribution in [0.25, 0.3) is 0 Å². The van der Waals surface area contributed by atoms with Gasteiger partial charge < -0.3 is 20.6 Å². The fraction of sp³-hybridized carbons (Fsp3) is 0.636. The molecule has 0 radical (unpaired) electrons. The molecule has 0 aromatic heterocycles. The summed E-state index contributed by atoms with van der Waals surface area (Å²) in [6.07, 6.45) is -0.487. The van der Waals surface area contributed by atoms with Crippen LogP contribution in [0.15, 0.2) is 0 Å². The zero-order valence-electron chi connectivity index (χ0n) is 10.6. The summed E-state index contributed by atoms with van der Waals surface area (Å²) in [5.41, 5.74) is 0. The van der Waals surface area contributed by atoms with E-state index in [-0.39, 0.29) is 6.42 Å². The van der Waals surface area contributed by atoms with Crippen molar-refractivity contribution in [3.05, 3.63) is 0 Å². The quantitative estimate of drug-likeness (QED) is 0.353. The molecule has 0 spiro atoms. The Balaban J connectivity index is 4.72. The van der Waals surface area contributed by atoms with Gasteiger partial charge in [-0.2, -0.15) is 12.6 Å². The average Bonchev–Trinajstić information content (AvgIpc) is 2.32. The number of hydrogen-bond acceptors (Lipinski definition) is 5. The number of aliphatic carboxylic acids is 3. The lowest BCUT2D eigenvalue weighted by molar-refractivity contribution is -0.148. The molecule has 1 amide bonds. The van der Waals surface area contributed by atoms with E-state index in [0.29, 0.717) is 12.2 Å². The molecule has 114 valence electrons. The lowest BCUT2D eigenvalue weighted by Gasteiger charge is -2.18. The maximum absolute atomic E-state index is 11.8. The van der Waals surface area contributed by atoms with Gasteiger partial charge in [0.2, 0.25) is 5.91 Å². The third kappa shape index (κ3) is 7.62. The van der Waals surface area contributed by atoms with Crippen molar-refractivity contribution < 1.29 is 34.5 Å². The van der Waals surface area contributed by atoms with Gasteiger partial charge in [-0.25, -0.2) is 4.79 Å². The summed E-state index contributed by atoms with van der Waals surface area (Å²) >= 11 is 3.95. The number of carboxylic acid groups (broad SMARTS) is 3. The monoisotopic (exact) mass is 307 g/mol. The Morgan fingerprint density at radius 1 is 1.00 bits per heavy atom. The first kappa shape index (κ1) is 18.2. The van der Waals surface area contributed by atoms with Crippen molar-refractivity contribution in [2.45, 2.75) is 31.7 Å². The highest BCUT2D eigenvalue weighted by molar-refractivity contribution is 7.80. The summed E-state index contributed by atoms with van der Waals surface area (Å²) in [7, 11) is 0. The second-order valence-corrected chi connectivity index (χ2v) is 4.61. The maximum Gasteiger partial charge on any atom is 0.326 e. The van der Waals surface area contributed by atoms with Crippen LogP contribution in [0.2, 0.25) is 0 Å². The molecule has 0 aliphatic rings. The molecule has 0 bridgehead atoms. The molecule has 0 fully saturated rings. The number of carboxylic acids is 3. The van der Waals surface area contributed by atoms with Gasteiger partial charge in [0.15, 0.2) is 0 Å². The van der Waals surface area contributed by atoms with Crippen molar-refractivity contribution in [3.63, 3.8) is 0 Å². The third-order valence-electron chi connectivity index (χ3n) is 2.50. The summed E-state index contributed by atoms with van der Waals surface area (Å²) in [4.78, 5) is 43.8. The van der Waals surface area contributed by atoms with Crippen molar-refractivity contribution in [3.8, 4) is 0 Å². The van der Waals surface area contributed by atoms with Crippen LogP contribution in [0, 0.1) is 5.92 Å². The molecule has 20 heavy (non-hydrogen) atoms. The Morgan fingerprint density at radius 2 is 1.55 bits per heavy atom. The van der Waals surface area contributed by atoms with E-state index < -0.39 is 48.6 Å². The number of thiol groups is 1. The Hall–Kier alpha value is -1.77. The third-order valence-corrected chi connectivity index (χ3v) is 2.81. The van der Waals surface area contributed by atoms with Gasteiger partial charge >= 0.3 is 17.9 Å². The predicted molar refractivity (Wildman–Crippen MR) is 70.6 cm³/mol. The van der Waals surface area contributed by atoms with Crippen LogP contribution in [0.4, 0.5) is 0 Å². The van der Waals surface area contributed by atoms with E-state index in [4.69, 9.17) is 15.3 Å². The molecule has 8 nitrogen and oxygen atoms in total. The number of amides is 1. The van der Waals surface area contributed by atoms with E-state index in [0.717, 1.165) is 0 Å². The molecule has 0 saturated heterocycles. The highest BCUT2D eigenvalue weighted by atomic mass is 32.1. The Kier molecular flexibility index (Phi) is 8.37. The second-order valence-electron chi connectivity index (χ2n) is 4.16. The molecular weight excluding hydrogens is 290 g/mol. The van der Waals surface area contributed by atoms with Crippen molar-refractivity contribution in [2.75, 3.05) is 5.75 Å². The first-order valence-electron chi connectivity index (χ1n) is 5.85. The molecule has 2 unspecified atom stereocenters. The number of carbonyl (C=O) groups excluding carboxylic acids is 1. The van der Waals surface area contributed by atoms with Crippen LogP contribution in [0.3, 0.4) is 0 Å².